The summed E-state index contributed by atoms with van der Waals surface area (Å²) in [5.41, 5.74) is 2.12. The van der Waals surface area contributed by atoms with Crippen LogP contribution in [-0.2, 0) is 0 Å². The lowest BCUT2D eigenvalue weighted by Crippen LogP contribution is -2.31. The lowest BCUT2D eigenvalue weighted by molar-refractivity contribution is 0.430. The molecule has 0 radical (unpaired) electrons. The molecule has 0 saturated heterocycles. The van der Waals surface area contributed by atoms with Crippen LogP contribution >= 0.6 is 11.6 Å². The van der Waals surface area contributed by atoms with E-state index in [0.29, 0.717) is 16.4 Å². The first-order valence-electron chi connectivity index (χ1n) is 8.65. The summed E-state index contributed by atoms with van der Waals surface area (Å²) in [5, 5.41) is 16.8. The summed E-state index contributed by atoms with van der Waals surface area (Å²) in [6.45, 7) is 0. The third kappa shape index (κ3) is 3.63. The quantitative estimate of drug-likeness (QED) is 0.357. The van der Waals surface area contributed by atoms with E-state index in [4.69, 9.17) is 11.6 Å². The van der Waals surface area contributed by atoms with Gasteiger partial charge in [0.05, 0.1) is 17.6 Å². The molecule has 4 rings (SSSR count). The maximum Gasteiger partial charge on any atom is 0.335 e. The molecule has 0 saturated carbocycles. The maximum atomic E-state index is 12.5. The molecule has 0 spiro atoms. The van der Waals surface area contributed by atoms with Crippen molar-refractivity contribution in [3.05, 3.63) is 98.2 Å². The SMILES string of the molecule is O=c1[nH]c(=O)n(-c2cccc3ccccc23)c(O)c1C=NNc1cccc(Cl)c1. The maximum absolute atomic E-state index is 12.5. The fourth-order valence-electron chi connectivity index (χ4n) is 3.01. The number of H-pyrrole nitrogens is 1. The first-order valence-corrected chi connectivity index (χ1v) is 9.03. The van der Waals surface area contributed by atoms with Crippen molar-refractivity contribution in [2.45, 2.75) is 0 Å². The number of fused-ring (bicyclic) bond motifs is 1. The molecule has 8 heteroatoms. The molecule has 0 unspecified atom stereocenters. The van der Waals surface area contributed by atoms with E-state index in [2.05, 4.69) is 15.5 Å². The summed E-state index contributed by atoms with van der Waals surface area (Å²) in [6, 6.07) is 19.6. The summed E-state index contributed by atoms with van der Waals surface area (Å²) in [4.78, 5) is 26.9. The Labute approximate surface area is 169 Å². The van der Waals surface area contributed by atoms with E-state index in [1.54, 1.807) is 36.4 Å². The van der Waals surface area contributed by atoms with E-state index in [1.807, 2.05) is 30.3 Å². The zero-order chi connectivity index (χ0) is 20.4. The second kappa shape index (κ2) is 7.65. The van der Waals surface area contributed by atoms with Crippen LogP contribution in [0.5, 0.6) is 5.88 Å². The standard InChI is InChI=1S/C21H15ClN4O3/c22-14-7-4-8-15(11-14)25-23-12-17-19(27)24-21(29)26(20(17)28)18-10-3-6-13-5-1-2-9-16(13)18/h1-12,25,28H,(H,24,27,29). The molecule has 0 bridgehead atoms. The van der Waals surface area contributed by atoms with Gasteiger partial charge in [-0.3, -0.25) is 15.2 Å². The molecule has 144 valence electrons. The van der Waals surface area contributed by atoms with Gasteiger partial charge in [0.15, 0.2) is 0 Å². The van der Waals surface area contributed by atoms with Gasteiger partial charge in [0.2, 0.25) is 5.88 Å². The lowest BCUT2D eigenvalue weighted by Gasteiger charge is -2.12. The molecular formula is C21H15ClN4O3. The predicted molar refractivity (Wildman–Crippen MR) is 114 cm³/mol. The Morgan fingerprint density at radius 3 is 2.62 bits per heavy atom. The fraction of sp³-hybridized carbons (Fsp3) is 0. The Morgan fingerprint density at radius 1 is 1.03 bits per heavy atom. The van der Waals surface area contributed by atoms with Crippen molar-refractivity contribution >= 4 is 34.3 Å². The van der Waals surface area contributed by atoms with Crippen molar-refractivity contribution in [3.63, 3.8) is 0 Å². The van der Waals surface area contributed by atoms with E-state index in [-0.39, 0.29) is 5.56 Å². The zero-order valence-corrected chi connectivity index (χ0v) is 15.7. The van der Waals surface area contributed by atoms with Crippen LogP contribution in [0.1, 0.15) is 5.56 Å². The molecule has 29 heavy (non-hydrogen) atoms. The molecule has 0 aliphatic rings. The molecule has 0 aliphatic carbocycles. The predicted octanol–water partition coefficient (Wildman–Crippen LogP) is 3.48. The number of aromatic nitrogens is 2. The van der Waals surface area contributed by atoms with E-state index in [0.717, 1.165) is 21.6 Å². The van der Waals surface area contributed by atoms with Crippen molar-refractivity contribution in [3.8, 4) is 11.6 Å². The van der Waals surface area contributed by atoms with Gasteiger partial charge in [0, 0.05) is 10.4 Å². The summed E-state index contributed by atoms with van der Waals surface area (Å²) < 4.78 is 1.05. The van der Waals surface area contributed by atoms with Gasteiger partial charge in [-0.1, -0.05) is 54.1 Å². The Hall–Kier alpha value is -3.84. The first kappa shape index (κ1) is 18.5. The minimum Gasteiger partial charge on any atom is -0.493 e. The summed E-state index contributed by atoms with van der Waals surface area (Å²) in [7, 11) is 0. The number of nitrogens with one attached hydrogen (secondary N) is 2. The van der Waals surface area contributed by atoms with Crippen LogP contribution in [0.15, 0.2) is 81.4 Å². The highest BCUT2D eigenvalue weighted by Crippen LogP contribution is 2.24. The van der Waals surface area contributed by atoms with Crippen molar-refractivity contribution < 1.29 is 5.11 Å². The molecule has 7 nitrogen and oxygen atoms in total. The van der Waals surface area contributed by atoms with Crippen LogP contribution in [-0.4, -0.2) is 20.9 Å². The number of halogens is 1. The molecule has 0 atom stereocenters. The number of aromatic amines is 1. The van der Waals surface area contributed by atoms with Crippen molar-refractivity contribution in [1.82, 2.24) is 9.55 Å². The fourth-order valence-corrected chi connectivity index (χ4v) is 3.20. The molecule has 3 aromatic carbocycles. The Morgan fingerprint density at radius 2 is 1.79 bits per heavy atom. The number of benzene rings is 3. The molecule has 4 aromatic rings. The molecule has 3 N–H and O–H groups in total. The topological polar surface area (TPSA) is 99.5 Å². The molecule has 0 aliphatic heterocycles. The lowest BCUT2D eigenvalue weighted by atomic mass is 10.1. The van der Waals surface area contributed by atoms with Crippen LogP contribution in [0.3, 0.4) is 0 Å². The summed E-state index contributed by atoms with van der Waals surface area (Å²) in [6.07, 6.45) is 1.15. The number of hydrogen-bond donors (Lipinski definition) is 3. The summed E-state index contributed by atoms with van der Waals surface area (Å²) in [5.74, 6) is -0.508. The average molecular weight is 407 g/mol. The van der Waals surface area contributed by atoms with Crippen LogP contribution < -0.4 is 16.7 Å². The molecular weight excluding hydrogens is 392 g/mol. The van der Waals surface area contributed by atoms with Gasteiger partial charge in [-0.2, -0.15) is 5.10 Å². The second-order valence-corrected chi connectivity index (χ2v) is 6.65. The second-order valence-electron chi connectivity index (χ2n) is 6.21. The van der Waals surface area contributed by atoms with Gasteiger partial charge >= 0.3 is 5.69 Å². The smallest absolute Gasteiger partial charge is 0.335 e. The van der Waals surface area contributed by atoms with Gasteiger partial charge in [-0.15, -0.1) is 0 Å². The normalized spacial score (nSPS) is 11.2. The number of rotatable bonds is 4. The highest BCUT2D eigenvalue weighted by atomic mass is 35.5. The average Bonchev–Trinajstić information content (AvgIpc) is 2.70. The van der Waals surface area contributed by atoms with Crippen LogP contribution in [0.4, 0.5) is 5.69 Å². The monoisotopic (exact) mass is 406 g/mol. The van der Waals surface area contributed by atoms with Gasteiger partial charge in [0.25, 0.3) is 5.56 Å². The summed E-state index contributed by atoms with van der Waals surface area (Å²) >= 11 is 5.92. The van der Waals surface area contributed by atoms with Gasteiger partial charge in [-0.25, -0.2) is 9.36 Å². The van der Waals surface area contributed by atoms with Crippen molar-refractivity contribution in [2.24, 2.45) is 5.10 Å². The molecule has 1 heterocycles. The number of hydrogen-bond acceptors (Lipinski definition) is 5. The number of anilines is 1. The third-order valence-electron chi connectivity index (χ3n) is 4.34. The number of nitrogens with zero attached hydrogens (tertiary/aromatic N) is 2. The first-order chi connectivity index (χ1) is 14.0. The van der Waals surface area contributed by atoms with Crippen molar-refractivity contribution in [2.75, 3.05) is 5.43 Å². The van der Waals surface area contributed by atoms with E-state index >= 15 is 0 Å². The van der Waals surface area contributed by atoms with E-state index in [9.17, 15) is 14.7 Å². The van der Waals surface area contributed by atoms with E-state index in [1.165, 1.54) is 0 Å². The largest absolute Gasteiger partial charge is 0.493 e. The minimum atomic E-state index is -0.749. The van der Waals surface area contributed by atoms with Gasteiger partial charge in [-0.05, 0) is 29.7 Å². The van der Waals surface area contributed by atoms with E-state index < -0.39 is 17.1 Å². The van der Waals surface area contributed by atoms with Crippen LogP contribution in [0, 0.1) is 0 Å². The Kier molecular flexibility index (Phi) is 4.88. The Balaban J connectivity index is 1.80. The van der Waals surface area contributed by atoms with Crippen LogP contribution in [0.25, 0.3) is 16.5 Å². The number of hydrazone groups is 1. The van der Waals surface area contributed by atoms with Gasteiger partial charge < -0.3 is 5.11 Å². The van der Waals surface area contributed by atoms with Crippen LogP contribution in [0.2, 0.25) is 5.02 Å². The molecule has 1 aromatic heterocycles. The third-order valence-corrected chi connectivity index (χ3v) is 4.58. The zero-order valence-electron chi connectivity index (χ0n) is 15.0. The minimum absolute atomic E-state index is 0.160. The van der Waals surface area contributed by atoms with Crippen molar-refractivity contribution in [1.29, 1.82) is 0 Å². The highest BCUT2D eigenvalue weighted by molar-refractivity contribution is 6.30. The molecule has 0 fully saturated rings. The number of aromatic hydroxyl groups is 1. The Bertz CT molecular complexity index is 1350. The van der Waals surface area contributed by atoms with Gasteiger partial charge in [0.1, 0.15) is 5.56 Å². The highest BCUT2D eigenvalue weighted by Gasteiger charge is 2.15. The molecule has 0 amide bonds.